The molecule has 0 amide bonds. The molecule has 0 radical (unpaired) electrons. The van der Waals surface area contributed by atoms with E-state index in [0.717, 1.165) is 5.69 Å². The molecule has 1 N–H and O–H groups in total. The van der Waals surface area contributed by atoms with Crippen LogP contribution in [-0.2, 0) is 6.54 Å². The Balaban J connectivity index is 2.01. The number of aromatic nitrogens is 2. The fourth-order valence-corrected chi connectivity index (χ4v) is 1.21. The Hall–Kier alpha value is -1.17. The molecule has 0 spiro atoms. The summed E-state index contributed by atoms with van der Waals surface area (Å²) >= 11 is 0. The van der Waals surface area contributed by atoms with Gasteiger partial charge in [-0.05, 0) is 19.4 Å². The molecule has 1 aromatic rings. The molecule has 0 saturated heterocycles. The SMILES string of the molecule is FC(F)(F)CCCCNCc1cnccn1. The molecule has 0 saturated carbocycles. The van der Waals surface area contributed by atoms with E-state index in [0.29, 0.717) is 19.5 Å². The van der Waals surface area contributed by atoms with Gasteiger partial charge in [-0.25, -0.2) is 0 Å². The summed E-state index contributed by atoms with van der Waals surface area (Å²) in [4.78, 5) is 7.91. The van der Waals surface area contributed by atoms with Crippen LogP contribution in [0.2, 0.25) is 0 Å². The van der Waals surface area contributed by atoms with Crippen LogP contribution in [0, 0.1) is 0 Å². The number of nitrogens with zero attached hydrogens (tertiary/aromatic N) is 2. The van der Waals surface area contributed by atoms with Crippen molar-refractivity contribution in [3.63, 3.8) is 0 Å². The number of nitrogens with one attached hydrogen (secondary N) is 1. The van der Waals surface area contributed by atoms with E-state index in [1.165, 1.54) is 0 Å². The fourth-order valence-electron chi connectivity index (χ4n) is 1.21. The Morgan fingerprint density at radius 3 is 2.62 bits per heavy atom. The number of rotatable bonds is 6. The fraction of sp³-hybridized carbons (Fsp3) is 0.600. The zero-order valence-electron chi connectivity index (χ0n) is 8.80. The van der Waals surface area contributed by atoms with Crippen molar-refractivity contribution >= 4 is 0 Å². The predicted octanol–water partition coefficient (Wildman–Crippen LogP) is 2.30. The lowest BCUT2D eigenvalue weighted by Crippen LogP contribution is -2.16. The lowest BCUT2D eigenvalue weighted by molar-refractivity contribution is -0.135. The van der Waals surface area contributed by atoms with Gasteiger partial charge in [-0.3, -0.25) is 9.97 Å². The summed E-state index contributed by atoms with van der Waals surface area (Å²) in [6, 6.07) is 0. The van der Waals surface area contributed by atoms with Gasteiger partial charge in [0, 0.05) is 31.6 Å². The van der Waals surface area contributed by atoms with E-state index in [1.807, 2.05) is 0 Å². The quantitative estimate of drug-likeness (QED) is 0.766. The summed E-state index contributed by atoms with van der Waals surface area (Å²) in [5.41, 5.74) is 0.790. The van der Waals surface area contributed by atoms with Crippen LogP contribution >= 0.6 is 0 Å². The standard InChI is InChI=1S/C10H14F3N3/c11-10(12,13)3-1-2-4-14-7-9-8-15-5-6-16-9/h5-6,8,14H,1-4,7H2. The summed E-state index contributed by atoms with van der Waals surface area (Å²) in [5, 5.41) is 3.02. The van der Waals surface area contributed by atoms with E-state index in [4.69, 9.17) is 0 Å². The number of unbranched alkanes of at least 4 members (excludes halogenated alkanes) is 1. The Morgan fingerprint density at radius 1 is 1.19 bits per heavy atom. The maximum absolute atomic E-state index is 11.8. The highest BCUT2D eigenvalue weighted by atomic mass is 19.4. The van der Waals surface area contributed by atoms with E-state index in [9.17, 15) is 13.2 Å². The highest BCUT2D eigenvalue weighted by Gasteiger charge is 2.25. The first kappa shape index (κ1) is 12.9. The highest BCUT2D eigenvalue weighted by molar-refractivity contribution is 4.93. The first-order valence-electron chi connectivity index (χ1n) is 5.10. The molecule has 16 heavy (non-hydrogen) atoms. The maximum Gasteiger partial charge on any atom is 0.389 e. The van der Waals surface area contributed by atoms with Crippen LogP contribution in [0.5, 0.6) is 0 Å². The number of halogens is 3. The average Bonchev–Trinajstić information content (AvgIpc) is 2.23. The summed E-state index contributed by atoms with van der Waals surface area (Å²) in [7, 11) is 0. The van der Waals surface area contributed by atoms with Crippen molar-refractivity contribution in [3.8, 4) is 0 Å². The smallest absolute Gasteiger partial charge is 0.311 e. The van der Waals surface area contributed by atoms with E-state index in [-0.39, 0.29) is 6.42 Å². The minimum Gasteiger partial charge on any atom is -0.311 e. The zero-order chi connectivity index (χ0) is 11.9. The van der Waals surface area contributed by atoms with Crippen LogP contribution < -0.4 is 5.32 Å². The molecule has 0 aliphatic rings. The van der Waals surface area contributed by atoms with Crippen LogP contribution in [0.4, 0.5) is 13.2 Å². The van der Waals surface area contributed by atoms with Crippen LogP contribution in [-0.4, -0.2) is 22.7 Å². The second-order valence-electron chi connectivity index (χ2n) is 3.45. The molecular weight excluding hydrogens is 219 g/mol. The van der Waals surface area contributed by atoms with Gasteiger partial charge in [0.15, 0.2) is 0 Å². The number of hydrogen-bond donors (Lipinski definition) is 1. The van der Waals surface area contributed by atoms with Crippen molar-refractivity contribution in [1.82, 2.24) is 15.3 Å². The van der Waals surface area contributed by atoms with Crippen LogP contribution in [0.25, 0.3) is 0 Å². The molecule has 0 bridgehead atoms. The molecule has 0 fully saturated rings. The molecule has 0 aliphatic carbocycles. The van der Waals surface area contributed by atoms with Gasteiger partial charge in [0.1, 0.15) is 0 Å². The van der Waals surface area contributed by atoms with E-state index in [1.54, 1.807) is 18.6 Å². The van der Waals surface area contributed by atoms with Gasteiger partial charge in [-0.15, -0.1) is 0 Å². The summed E-state index contributed by atoms with van der Waals surface area (Å²) in [6.45, 7) is 1.10. The lowest BCUT2D eigenvalue weighted by Gasteiger charge is -2.06. The molecular formula is C10H14F3N3. The Bertz CT molecular complexity index is 287. The van der Waals surface area contributed by atoms with Crippen LogP contribution in [0.3, 0.4) is 0 Å². The largest absolute Gasteiger partial charge is 0.389 e. The first-order valence-corrected chi connectivity index (χ1v) is 5.10. The third-order valence-corrected chi connectivity index (χ3v) is 1.99. The highest BCUT2D eigenvalue weighted by Crippen LogP contribution is 2.21. The Kier molecular flexibility index (Phi) is 5.18. The van der Waals surface area contributed by atoms with Gasteiger partial charge in [0.25, 0.3) is 0 Å². The van der Waals surface area contributed by atoms with Crippen LogP contribution in [0.15, 0.2) is 18.6 Å². The minimum absolute atomic E-state index is 0.164. The van der Waals surface area contributed by atoms with Gasteiger partial charge < -0.3 is 5.32 Å². The molecule has 90 valence electrons. The van der Waals surface area contributed by atoms with Gasteiger partial charge in [-0.1, -0.05) is 0 Å². The molecule has 1 rings (SSSR count). The minimum atomic E-state index is -4.04. The van der Waals surface area contributed by atoms with Gasteiger partial charge in [-0.2, -0.15) is 13.2 Å². The maximum atomic E-state index is 11.8. The average molecular weight is 233 g/mol. The number of hydrogen-bond acceptors (Lipinski definition) is 3. The van der Waals surface area contributed by atoms with Crippen molar-refractivity contribution < 1.29 is 13.2 Å². The summed E-state index contributed by atoms with van der Waals surface area (Å²) < 4.78 is 35.4. The predicted molar refractivity (Wildman–Crippen MR) is 53.6 cm³/mol. The van der Waals surface area contributed by atoms with E-state index < -0.39 is 12.6 Å². The van der Waals surface area contributed by atoms with E-state index in [2.05, 4.69) is 15.3 Å². The molecule has 0 aromatic carbocycles. The molecule has 3 nitrogen and oxygen atoms in total. The third kappa shape index (κ3) is 6.34. The second-order valence-corrected chi connectivity index (χ2v) is 3.45. The molecule has 0 unspecified atom stereocenters. The number of alkyl halides is 3. The third-order valence-electron chi connectivity index (χ3n) is 1.99. The molecule has 1 aromatic heterocycles. The van der Waals surface area contributed by atoms with Gasteiger partial charge in [0.05, 0.1) is 5.69 Å². The second kappa shape index (κ2) is 6.42. The van der Waals surface area contributed by atoms with Gasteiger partial charge >= 0.3 is 6.18 Å². The first-order chi connectivity index (χ1) is 7.58. The van der Waals surface area contributed by atoms with Crippen molar-refractivity contribution in [1.29, 1.82) is 0 Å². The summed E-state index contributed by atoms with van der Waals surface area (Å²) in [6.07, 6.45) is 0.720. The monoisotopic (exact) mass is 233 g/mol. The topological polar surface area (TPSA) is 37.8 Å². The van der Waals surface area contributed by atoms with Crippen molar-refractivity contribution in [2.24, 2.45) is 0 Å². The van der Waals surface area contributed by atoms with Crippen LogP contribution in [0.1, 0.15) is 25.0 Å². The Morgan fingerprint density at radius 2 is 2.00 bits per heavy atom. The summed E-state index contributed by atoms with van der Waals surface area (Å²) in [5.74, 6) is 0. The zero-order valence-corrected chi connectivity index (χ0v) is 8.80. The lowest BCUT2D eigenvalue weighted by atomic mass is 10.2. The molecule has 0 aliphatic heterocycles. The van der Waals surface area contributed by atoms with Gasteiger partial charge in [0.2, 0.25) is 0 Å². The van der Waals surface area contributed by atoms with Crippen molar-refractivity contribution in [3.05, 3.63) is 24.3 Å². The van der Waals surface area contributed by atoms with E-state index >= 15 is 0 Å². The normalized spacial score (nSPS) is 11.7. The molecule has 6 heteroatoms. The molecule has 1 heterocycles. The van der Waals surface area contributed by atoms with Crippen molar-refractivity contribution in [2.45, 2.75) is 32.0 Å². The Labute approximate surface area is 92.1 Å². The van der Waals surface area contributed by atoms with Crippen molar-refractivity contribution in [2.75, 3.05) is 6.54 Å². The molecule has 0 atom stereocenters.